The molecular weight excluding hydrogens is 266 g/mol. The van der Waals surface area contributed by atoms with Gasteiger partial charge >= 0.3 is 0 Å². The van der Waals surface area contributed by atoms with Crippen LogP contribution in [0.1, 0.15) is 49.4 Å². The summed E-state index contributed by atoms with van der Waals surface area (Å²) in [6, 6.07) is 17.1. The molecule has 0 spiro atoms. The SMILES string of the molecule is CC(C)c1ccc(CNC(C)c2cccc(Cl)c2)cc1. The molecule has 1 unspecified atom stereocenters. The topological polar surface area (TPSA) is 12.0 Å². The van der Waals surface area contributed by atoms with Crippen molar-refractivity contribution in [1.29, 1.82) is 0 Å². The highest BCUT2D eigenvalue weighted by molar-refractivity contribution is 6.30. The maximum absolute atomic E-state index is 6.03. The minimum atomic E-state index is 0.290. The zero-order valence-corrected chi connectivity index (χ0v) is 13.1. The van der Waals surface area contributed by atoms with Crippen molar-refractivity contribution in [2.24, 2.45) is 0 Å². The van der Waals surface area contributed by atoms with Crippen molar-refractivity contribution < 1.29 is 0 Å². The van der Waals surface area contributed by atoms with Gasteiger partial charge in [-0.05, 0) is 41.7 Å². The molecule has 106 valence electrons. The van der Waals surface area contributed by atoms with Gasteiger partial charge in [0.25, 0.3) is 0 Å². The number of rotatable bonds is 5. The molecule has 1 nitrogen and oxygen atoms in total. The van der Waals surface area contributed by atoms with Gasteiger partial charge in [0.2, 0.25) is 0 Å². The van der Waals surface area contributed by atoms with Crippen LogP contribution < -0.4 is 5.32 Å². The lowest BCUT2D eigenvalue weighted by molar-refractivity contribution is 0.574. The lowest BCUT2D eigenvalue weighted by Gasteiger charge is -2.15. The lowest BCUT2D eigenvalue weighted by atomic mass is 10.0. The fourth-order valence-corrected chi connectivity index (χ4v) is 2.38. The maximum atomic E-state index is 6.03. The van der Waals surface area contributed by atoms with Crippen LogP contribution in [0.2, 0.25) is 5.02 Å². The van der Waals surface area contributed by atoms with Crippen LogP contribution in [0.3, 0.4) is 0 Å². The van der Waals surface area contributed by atoms with Gasteiger partial charge < -0.3 is 5.32 Å². The number of benzene rings is 2. The van der Waals surface area contributed by atoms with Crippen LogP contribution in [-0.2, 0) is 6.54 Å². The van der Waals surface area contributed by atoms with Crippen LogP contribution in [-0.4, -0.2) is 0 Å². The van der Waals surface area contributed by atoms with E-state index in [1.54, 1.807) is 0 Å². The van der Waals surface area contributed by atoms with E-state index in [1.807, 2.05) is 18.2 Å². The van der Waals surface area contributed by atoms with Crippen molar-refractivity contribution in [2.45, 2.75) is 39.3 Å². The molecule has 0 heterocycles. The van der Waals surface area contributed by atoms with Crippen molar-refractivity contribution in [3.63, 3.8) is 0 Å². The summed E-state index contributed by atoms with van der Waals surface area (Å²) in [5.74, 6) is 0.586. The second-order valence-corrected chi connectivity index (χ2v) is 5.99. The van der Waals surface area contributed by atoms with Crippen molar-refractivity contribution in [1.82, 2.24) is 5.32 Å². The van der Waals surface area contributed by atoms with Gasteiger partial charge in [-0.1, -0.05) is 61.8 Å². The first-order chi connectivity index (χ1) is 9.56. The number of halogens is 1. The third-order valence-electron chi connectivity index (χ3n) is 3.61. The summed E-state index contributed by atoms with van der Waals surface area (Å²) in [5.41, 5.74) is 3.91. The van der Waals surface area contributed by atoms with Crippen LogP contribution in [0, 0.1) is 0 Å². The fourth-order valence-electron chi connectivity index (χ4n) is 2.19. The first kappa shape index (κ1) is 15.1. The van der Waals surface area contributed by atoms with Crippen LogP contribution in [0.4, 0.5) is 0 Å². The molecule has 2 aromatic rings. The van der Waals surface area contributed by atoms with Crippen LogP contribution in [0.5, 0.6) is 0 Å². The molecule has 1 N–H and O–H groups in total. The zero-order valence-electron chi connectivity index (χ0n) is 12.4. The second kappa shape index (κ2) is 6.92. The third kappa shape index (κ3) is 4.09. The molecule has 0 aliphatic carbocycles. The zero-order chi connectivity index (χ0) is 14.5. The number of nitrogens with one attached hydrogen (secondary N) is 1. The molecule has 0 radical (unpaired) electrons. The van der Waals surface area contributed by atoms with E-state index in [-0.39, 0.29) is 0 Å². The number of hydrogen-bond donors (Lipinski definition) is 1. The van der Waals surface area contributed by atoms with Crippen LogP contribution in [0.25, 0.3) is 0 Å². The molecule has 2 aromatic carbocycles. The molecule has 0 fully saturated rings. The largest absolute Gasteiger partial charge is 0.306 e. The van der Waals surface area contributed by atoms with E-state index >= 15 is 0 Å². The Morgan fingerprint density at radius 3 is 2.25 bits per heavy atom. The summed E-state index contributed by atoms with van der Waals surface area (Å²) < 4.78 is 0. The van der Waals surface area contributed by atoms with E-state index in [2.05, 4.69) is 56.4 Å². The molecule has 0 aromatic heterocycles. The number of hydrogen-bond acceptors (Lipinski definition) is 1. The first-order valence-electron chi connectivity index (χ1n) is 7.14. The van der Waals surface area contributed by atoms with Crippen molar-refractivity contribution in [2.75, 3.05) is 0 Å². The van der Waals surface area contributed by atoms with Gasteiger partial charge in [-0.15, -0.1) is 0 Å². The van der Waals surface area contributed by atoms with E-state index < -0.39 is 0 Å². The Morgan fingerprint density at radius 2 is 1.65 bits per heavy atom. The van der Waals surface area contributed by atoms with E-state index in [0.29, 0.717) is 12.0 Å². The van der Waals surface area contributed by atoms with Gasteiger partial charge in [-0.25, -0.2) is 0 Å². The Labute approximate surface area is 127 Å². The summed E-state index contributed by atoms with van der Waals surface area (Å²) in [5, 5.41) is 4.32. The molecule has 2 heteroatoms. The highest BCUT2D eigenvalue weighted by atomic mass is 35.5. The average molecular weight is 288 g/mol. The van der Waals surface area contributed by atoms with Gasteiger partial charge in [0.1, 0.15) is 0 Å². The van der Waals surface area contributed by atoms with E-state index in [4.69, 9.17) is 11.6 Å². The quantitative estimate of drug-likeness (QED) is 0.785. The van der Waals surface area contributed by atoms with E-state index in [0.717, 1.165) is 11.6 Å². The predicted octanol–water partition coefficient (Wildman–Crippen LogP) is 5.31. The minimum Gasteiger partial charge on any atom is -0.306 e. The normalized spacial score (nSPS) is 12.7. The van der Waals surface area contributed by atoms with E-state index in [9.17, 15) is 0 Å². The summed E-state index contributed by atoms with van der Waals surface area (Å²) in [6.07, 6.45) is 0. The molecule has 0 bridgehead atoms. The highest BCUT2D eigenvalue weighted by Gasteiger charge is 2.05. The van der Waals surface area contributed by atoms with Gasteiger partial charge in [-0.3, -0.25) is 0 Å². The molecule has 0 saturated heterocycles. The molecule has 0 aliphatic rings. The Bertz CT molecular complexity index is 546. The van der Waals surface area contributed by atoms with Crippen LogP contribution in [0.15, 0.2) is 48.5 Å². The van der Waals surface area contributed by atoms with Crippen molar-refractivity contribution in [3.8, 4) is 0 Å². The maximum Gasteiger partial charge on any atom is 0.0409 e. The Balaban J connectivity index is 1.94. The standard InChI is InChI=1S/C18H22ClN/c1-13(2)16-9-7-15(8-10-16)12-20-14(3)17-5-4-6-18(19)11-17/h4-11,13-14,20H,12H2,1-3H3. The summed E-state index contributed by atoms with van der Waals surface area (Å²) in [6.45, 7) is 7.46. The molecule has 2 rings (SSSR count). The Morgan fingerprint density at radius 1 is 0.950 bits per heavy atom. The third-order valence-corrected chi connectivity index (χ3v) is 3.84. The van der Waals surface area contributed by atoms with Gasteiger partial charge in [-0.2, -0.15) is 0 Å². The van der Waals surface area contributed by atoms with Crippen molar-refractivity contribution in [3.05, 3.63) is 70.2 Å². The fraction of sp³-hybridized carbons (Fsp3) is 0.333. The minimum absolute atomic E-state index is 0.290. The lowest BCUT2D eigenvalue weighted by Crippen LogP contribution is -2.18. The average Bonchev–Trinajstić information content (AvgIpc) is 2.45. The van der Waals surface area contributed by atoms with Crippen LogP contribution >= 0.6 is 11.6 Å². The van der Waals surface area contributed by atoms with E-state index in [1.165, 1.54) is 16.7 Å². The highest BCUT2D eigenvalue weighted by Crippen LogP contribution is 2.18. The molecule has 0 amide bonds. The summed E-state index contributed by atoms with van der Waals surface area (Å²) in [7, 11) is 0. The smallest absolute Gasteiger partial charge is 0.0409 e. The Kier molecular flexibility index (Phi) is 5.22. The monoisotopic (exact) mass is 287 g/mol. The predicted molar refractivity (Wildman–Crippen MR) is 87.2 cm³/mol. The molecule has 20 heavy (non-hydrogen) atoms. The molecule has 0 saturated carbocycles. The van der Waals surface area contributed by atoms with Gasteiger partial charge in [0.15, 0.2) is 0 Å². The van der Waals surface area contributed by atoms with Gasteiger partial charge in [0.05, 0.1) is 0 Å². The first-order valence-corrected chi connectivity index (χ1v) is 7.51. The van der Waals surface area contributed by atoms with Gasteiger partial charge in [0, 0.05) is 17.6 Å². The van der Waals surface area contributed by atoms with Crippen molar-refractivity contribution >= 4 is 11.6 Å². The summed E-state index contributed by atoms with van der Waals surface area (Å²) in [4.78, 5) is 0. The Hall–Kier alpha value is -1.31. The molecule has 0 aliphatic heterocycles. The molecule has 1 atom stereocenters. The summed E-state index contributed by atoms with van der Waals surface area (Å²) >= 11 is 6.03. The molecular formula is C18H22ClN. The second-order valence-electron chi connectivity index (χ2n) is 5.55.